The number of aliphatic hydroxyl groups is 1. The largest absolute Gasteiger partial charge is 0.388 e. The van der Waals surface area contributed by atoms with Gasteiger partial charge in [-0.05, 0) is 44.6 Å². The molecule has 3 rings (SSSR count). The van der Waals surface area contributed by atoms with Gasteiger partial charge in [-0.2, -0.15) is 0 Å². The number of hydrogen-bond donors (Lipinski definition) is 2. The minimum Gasteiger partial charge on any atom is -0.388 e. The highest BCUT2D eigenvalue weighted by Crippen LogP contribution is 2.44. The summed E-state index contributed by atoms with van der Waals surface area (Å²) >= 11 is 0. The van der Waals surface area contributed by atoms with E-state index in [9.17, 15) is 9.90 Å². The highest BCUT2D eigenvalue weighted by atomic mass is 16.3. The molecular weight excluding hydrogens is 250 g/mol. The zero-order valence-corrected chi connectivity index (χ0v) is 12.1. The van der Waals surface area contributed by atoms with Crippen molar-refractivity contribution in [3.05, 3.63) is 35.4 Å². The van der Waals surface area contributed by atoms with Crippen molar-refractivity contribution in [1.29, 1.82) is 0 Å². The van der Waals surface area contributed by atoms with E-state index in [4.69, 9.17) is 0 Å². The van der Waals surface area contributed by atoms with Gasteiger partial charge in [-0.1, -0.05) is 36.2 Å². The van der Waals surface area contributed by atoms with Crippen LogP contribution in [0.2, 0.25) is 0 Å². The van der Waals surface area contributed by atoms with E-state index >= 15 is 0 Å². The van der Waals surface area contributed by atoms with Gasteiger partial charge >= 0.3 is 0 Å². The topological polar surface area (TPSA) is 49.3 Å². The van der Waals surface area contributed by atoms with Crippen molar-refractivity contribution in [2.75, 3.05) is 6.54 Å². The third kappa shape index (κ3) is 2.24. The van der Waals surface area contributed by atoms with E-state index in [1.54, 1.807) is 0 Å². The van der Waals surface area contributed by atoms with Crippen molar-refractivity contribution in [3.63, 3.8) is 0 Å². The quantitative estimate of drug-likeness (QED) is 0.885. The van der Waals surface area contributed by atoms with Gasteiger partial charge in [-0.25, -0.2) is 0 Å². The van der Waals surface area contributed by atoms with E-state index in [1.165, 1.54) is 5.56 Å². The third-order valence-electron chi connectivity index (χ3n) is 5.07. The van der Waals surface area contributed by atoms with E-state index in [-0.39, 0.29) is 11.3 Å². The molecule has 1 aromatic rings. The van der Waals surface area contributed by atoms with Crippen LogP contribution < -0.4 is 5.32 Å². The van der Waals surface area contributed by atoms with Gasteiger partial charge in [0.25, 0.3) is 0 Å². The monoisotopic (exact) mass is 273 g/mol. The molecule has 2 fully saturated rings. The van der Waals surface area contributed by atoms with Gasteiger partial charge in [0.1, 0.15) is 0 Å². The van der Waals surface area contributed by atoms with Crippen LogP contribution in [0.1, 0.15) is 49.7 Å². The van der Waals surface area contributed by atoms with Crippen molar-refractivity contribution in [2.45, 2.75) is 56.5 Å². The number of benzene rings is 1. The van der Waals surface area contributed by atoms with Crippen LogP contribution in [-0.4, -0.2) is 23.2 Å². The summed E-state index contributed by atoms with van der Waals surface area (Å²) in [5.74, 6) is 0.0923. The molecule has 0 aromatic heterocycles. The minimum atomic E-state index is -0.646. The van der Waals surface area contributed by atoms with E-state index in [2.05, 4.69) is 30.4 Å². The maximum atomic E-state index is 12.6. The summed E-state index contributed by atoms with van der Waals surface area (Å²) in [5, 5.41) is 13.1. The number of amides is 1. The Morgan fingerprint density at radius 2 is 1.95 bits per heavy atom. The highest BCUT2D eigenvalue weighted by molar-refractivity contribution is 5.89. The van der Waals surface area contributed by atoms with E-state index in [0.29, 0.717) is 6.54 Å². The van der Waals surface area contributed by atoms with Crippen molar-refractivity contribution >= 4 is 5.91 Å². The Morgan fingerprint density at radius 1 is 1.25 bits per heavy atom. The van der Waals surface area contributed by atoms with Crippen LogP contribution in [0.4, 0.5) is 0 Å². The molecule has 2 aliphatic rings. The van der Waals surface area contributed by atoms with Crippen LogP contribution in [0.5, 0.6) is 0 Å². The molecule has 0 radical (unpaired) electrons. The number of carbonyl (C=O) groups is 1. The lowest BCUT2D eigenvalue weighted by molar-refractivity contribution is -0.132. The molecule has 1 aromatic carbocycles. The molecule has 0 aliphatic heterocycles. The number of carbonyl (C=O) groups excluding carboxylic acids is 1. The maximum Gasteiger partial charge on any atom is 0.230 e. The SMILES string of the molecule is Cc1cccc(C2(C(=O)NCC3(O)CCC3)CCC2)c1. The Balaban J connectivity index is 1.73. The fraction of sp³-hybridized carbons (Fsp3) is 0.588. The van der Waals surface area contributed by atoms with Crippen LogP contribution in [-0.2, 0) is 10.2 Å². The molecule has 3 heteroatoms. The first-order valence-electron chi connectivity index (χ1n) is 7.62. The summed E-state index contributed by atoms with van der Waals surface area (Å²) in [6, 6.07) is 8.27. The Morgan fingerprint density at radius 3 is 2.45 bits per heavy atom. The number of nitrogens with one attached hydrogen (secondary N) is 1. The Hall–Kier alpha value is -1.35. The average molecular weight is 273 g/mol. The van der Waals surface area contributed by atoms with Gasteiger partial charge < -0.3 is 10.4 Å². The molecule has 1 amide bonds. The van der Waals surface area contributed by atoms with Crippen LogP contribution in [0.3, 0.4) is 0 Å². The van der Waals surface area contributed by atoms with Gasteiger partial charge in [-0.15, -0.1) is 0 Å². The molecule has 0 bridgehead atoms. The molecule has 2 saturated carbocycles. The maximum absolute atomic E-state index is 12.6. The zero-order chi connectivity index (χ0) is 14.2. The van der Waals surface area contributed by atoms with Gasteiger partial charge in [0, 0.05) is 6.54 Å². The van der Waals surface area contributed by atoms with Crippen molar-refractivity contribution in [1.82, 2.24) is 5.32 Å². The smallest absolute Gasteiger partial charge is 0.230 e. The summed E-state index contributed by atoms with van der Waals surface area (Å²) in [6.07, 6.45) is 5.62. The van der Waals surface area contributed by atoms with Crippen LogP contribution in [0.25, 0.3) is 0 Å². The Labute approximate surface area is 120 Å². The highest BCUT2D eigenvalue weighted by Gasteiger charge is 2.46. The molecule has 108 valence electrons. The van der Waals surface area contributed by atoms with Crippen molar-refractivity contribution in [3.8, 4) is 0 Å². The minimum absolute atomic E-state index is 0.0923. The molecule has 0 unspecified atom stereocenters. The van der Waals surface area contributed by atoms with Crippen molar-refractivity contribution < 1.29 is 9.90 Å². The molecule has 20 heavy (non-hydrogen) atoms. The number of rotatable bonds is 4. The van der Waals surface area contributed by atoms with Gasteiger partial charge in [0.2, 0.25) is 5.91 Å². The summed E-state index contributed by atoms with van der Waals surface area (Å²) in [6.45, 7) is 2.46. The average Bonchev–Trinajstić information content (AvgIpc) is 2.33. The van der Waals surface area contributed by atoms with Gasteiger partial charge in [0.05, 0.1) is 11.0 Å². The normalized spacial score (nSPS) is 22.5. The molecule has 0 atom stereocenters. The molecule has 3 nitrogen and oxygen atoms in total. The van der Waals surface area contributed by atoms with Crippen LogP contribution in [0, 0.1) is 6.92 Å². The lowest BCUT2D eigenvalue weighted by atomic mass is 9.63. The summed E-state index contributed by atoms with van der Waals surface area (Å²) in [5.41, 5.74) is 1.32. The number of hydrogen-bond acceptors (Lipinski definition) is 2. The molecular formula is C17H23NO2. The number of aryl methyl sites for hydroxylation is 1. The summed E-state index contributed by atoms with van der Waals surface area (Å²) in [7, 11) is 0. The first-order valence-corrected chi connectivity index (χ1v) is 7.62. The van der Waals surface area contributed by atoms with E-state index in [0.717, 1.165) is 44.1 Å². The van der Waals surface area contributed by atoms with E-state index < -0.39 is 5.60 Å². The Bertz CT molecular complexity index is 515. The third-order valence-corrected chi connectivity index (χ3v) is 5.07. The fourth-order valence-electron chi connectivity index (χ4n) is 3.30. The lowest BCUT2D eigenvalue weighted by Gasteiger charge is -2.43. The molecule has 2 N–H and O–H groups in total. The predicted octanol–water partition coefficient (Wildman–Crippen LogP) is 2.45. The molecule has 2 aliphatic carbocycles. The Kier molecular flexibility index (Phi) is 3.33. The second-order valence-electron chi connectivity index (χ2n) is 6.57. The molecule has 0 heterocycles. The van der Waals surface area contributed by atoms with Crippen molar-refractivity contribution in [2.24, 2.45) is 0 Å². The molecule has 0 saturated heterocycles. The summed E-state index contributed by atoms with van der Waals surface area (Å²) < 4.78 is 0. The predicted molar refractivity (Wildman–Crippen MR) is 78.5 cm³/mol. The lowest BCUT2D eigenvalue weighted by Crippen LogP contribution is -2.54. The van der Waals surface area contributed by atoms with Gasteiger partial charge in [-0.3, -0.25) is 4.79 Å². The first kappa shape index (κ1) is 13.6. The fourth-order valence-corrected chi connectivity index (χ4v) is 3.30. The zero-order valence-electron chi connectivity index (χ0n) is 12.1. The standard InChI is InChI=1S/C17H23NO2/c1-13-5-2-6-14(11-13)17(9-4-10-17)15(19)18-12-16(20)7-3-8-16/h2,5-6,11,20H,3-4,7-10,12H2,1H3,(H,18,19). The van der Waals surface area contributed by atoms with Gasteiger partial charge in [0.15, 0.2) is 0 Å². The first-order chi connectivity index (χ1) is 9.54. The second-order valence-corrected chi connectivity index (χ2v) is 6.57. The van der Waals surface area contributed by atoms with E-state index in [1.807, 2.05) is 6.07 Å². The second kappa shape index (κ2) is 4.88. The molecule has 0 spiro atoms. The summed E-state index contributed by atoms with van der Waals surface area (Å²) in [4.78, 5) is 12.6. The van der Waals surface area contributed by atoms with Crippen LogP contribution in [0.15, 0.2) is 24.3 Å². The van der Waals surface area contributed by atoms with Crippen LogP contribution >= 0.6 is 0 Å².